The zero-order valence-corrected chi connectivity index (χ0v) is 11.0. The summed E-state index contributed by atoms with van der Waals surface area (Å²) in [4.78, 5) is 21.9. The van der Waals surface area contributed by atoms with Crippen LogP contribution in [-0.4, -0.2) is 59.3 Å². The Kier molecular flexibility index (Phi) is 3.17. The summed E-state index contributed by atoms with van der Waals surface area (Å²) in [6.07, 6.45) is -4.27. The molecule has 0 aromatic carbocycles. The molecule has 6 N–H and O–H groups in total. The Morgan fingerprint density at radius 2 is 2.19 bits per heavy atom. The van der Waals surface area contributed by atoms with E-state index in [1.165, 1.54) is 17.8 Å². The summed E-state index contributed by atoms with van der Waals surface area (Å²) in [5.41, 5.74) is 5.13. The van der Waals surface area contributed by atoms with Crippen LogP contribution in [0.2, 0.25) is 0 Å². The number of aliphatic hydroxyl groups is 3. The number of hydrogen-bond donors (Lipinski definition) is 5. The van der Waals surface area contributed by atoms with Crippen molar-refractivity contribution in [3.8, 4) is 0 Å². The van der Waals surface area contributed by atoms with Gasteiger partial charge in [-0.05, 0) is 6.92 Å². The van der Waals surface area contributed by atoms with E-state index in [1.54, 1.807) is 0 Å². The molecular weight excluding hydrogens is 282 g/mol. The van der Waals surface area contributed by atoms with Crippen LogP contribution in [0.15, 0.2) is 11.1 Å². The first-order valence-electron chi connectivity index (χ1n) is 6.32. The van der Waals surface area contributed by atoms with Crippen molar-refractivity contribution in [1.82, 2.24) is 19.5 Å². The predicted octanol–water partition coefficient (Wildman–Crippen LogP) is -2.30. The lowest BCUT2D eigenvalue weighted by atomic mass is 10.1. The standard InChI is InChI=1S/C11H15N5O5/c1-3(17)7-5(18)6(19)10(21-7)16-2-13-4-8(16)14-11(12)15-9(4)20/h2-3,5-7,10,17-19H,1H3,(H3,12,14,15,20). The first kappa shape index (κ1) is 13.9. The number of aromatic amines is 1. The highest BCUT2D eigenvalue weighted by atomic mass is 16.6. The van der Waals surface area contributed by atoms with Crippen molar-refractivity contribution in [3.63, 3.8) is 0 Å². The average molecular weight is 297 g/mol. The molecule has 1 aliphatic heterocycles. The summed E-state index contributed by atoms with van der Waals surface area (Å²) < 4.78 is 6.76. The van der Waals surface area contributed by atoms with Gasteiger partial charge in [0.25, 0.3) is 5.56 Å². The Morgan fingerprint density at radius 3 is 2.81 bits per heavy atom. The van der Waals surface area contributed by atoms with Crippen LogP contribution >= 0.6 is 0 Å². The highest BCUT2D eigenvalue weighted by Gasteiger charge is 2.46. The lowest BCUT2D eigenvalue weighted by Gasteiger charge is -2.17. The van der Waals surface area contributed by atoms with Crippen molar-refractivity contribution in [1.29, 1.82) is 0 Å². The fraction of sp³-hybridized carbons (Fsp3) is 0.545. The third-order valence-electron chi connectivity index (χ3n) is 3.48. The maximum absolute atomic E-state index is 11.7. The number of hydrogen-bond acceptors (Lipinski definition) is 8. The number of aromatic nitrogens is 4. The van der Waals surface area contributed by atoms with Gasteiger partial charge in [-0.1, -0.05) is 0 Å². The molecule has 0 amide bonds. The van der Waals surface area contributed by atoms with Gasteiger partial charge in [-0.25, -0.2) is 4.98 Å². The number of aliphatic hydroxyl groups excluding tert-OH is 3. The van der Waals surface area contributed by atoms with Gasteiger partial charge in [-0.3, -0.25) is 14.3 Å². The molecule has 5 unspecified atom stereocenters. The second-order valence-corrected chi connectivity index (χ2v) is 4.99. The van der Waals surface area contributed by atoms with Gasteiger partial charge >= 0.3 is 0 Å². The molecule has 10 nitrogen and oxygen atoms in total. The fourth-order valence-electron chi connectivity index (χ4n) is 2.44. The van der Waals surface area contributed by atoms with Crippen molar-refractivity contribution in [2.75, 3.05) is 5.73 Å². The van der Waals surface area contributed by atoms with Crippen molar-refractivity contribution in [3.05, 3.63) is 16.7 Å². The molecule has 3 rings (SSSR count). The number of rotatable bonds is 2. The molecule has 2 aromatic heterocycles. The highest BCUT2D eigenvalue weighted by molar-refractivity contribution is 5.70. The van der Waals surface area contributed by atoms with E-state index in [1.807, 2.05) is 0 Å². The summed E-state index contributed by atoms with van der Waals surface area (Å²) in [7, 11) is 0. The number of fused-ring (bicyclic) bond motifs is 1. The third kappa shape index (κ3) is 2.08. The molecule has 0 bridgehead atoms. The third-order valence-corrected chi connectivity index (χ3v) is 3.48. The molecule has 1 fully saturated rings. The zero-order valence-electron chi connectivity index (χ0n) is 11.0. The Bertz CT molecular complexity index is 725. The van der Waals surface area contributed by atoms with Crippen LogP contribution in [0.4, 0.5) is 5.95 Å². The minimum Gasteiger partial charge on any atom is -0.391 e. The number of H-pyrrole nitrogens is 1. The Morgan fingerprint density at radius 1 is 1.48 bits per heavy atom. The summed E-state index contributed by atoms with van der Waals surface area (Å²) in [6, 6.07) is 0. The second kappa shape index (κ2) is 4.77. The fourth-order valence-corrected chi connectivity index (χ4v) is 2.44. The van der Waals surface area contributed by atoms with Crippen molar-refractivity contribution >= 4 is 17.1 Å². The summed E-state index contributed by atoms with van der Waals surface area (Å²) >= 11 is 0. The predicted molar refractivity (Wildman–Crippen MR) is 70.2 cm³/mol. The highest BCUT2D eigenvalue weighted by Crippen LogP contribution is 2.32. The lowest BCUT2D eigenvalue weighted by molar-refractivity contribution is -0.0777. The molecule has 1 saturated heterocycles. The lowest BCUT2D eigenvalue weighted by Crippen LogP contribution is -2.37. The minimum atomic E-state index is -1.30. The number of imidazole rings is 1. The molecule has 0 spiro atoms. The molecule has 0 aliphatic carbocycles. The van der Waals surface area contributed by atoms with Gasteiger partial charge in [0.1, 0.15) is 18.3 Å². The van der Waals surface area contributed by atoms with Gasteiger partial charge in [-0.2, -0.15) is 4.98 Å². The molecule has 5 atom stereocenters. The number of nitrogens with two attached hydrogens (primary N) is 1. The van der Waals surface area contributed by atoms with E-state index in [9.17, 15) is 20.1 Å². The van der Waals surface area contributed by atoms with Crippen molar-refractivity contribution < 1.29 is 20.1 Å². The van der Waals surface area contributed by atoms with E-state index >= 15 is 0 Å². The molecular formula is C11H15N5O5. The number of ether oxygens (including phenoxy) is 1. The van der Waals surface area contributed by atoms with Crippen LogP contribution in [0.1, 0.15) is 13.2 Å². The van der Waals surface area contributed by atoms with E-state index < -0.39 is 36.2 Å². The van der Waals surface area contributed by atoms with Crippen LogP contribution in [0.5, 0.6) is 0 Å². The van der Waals surface area contributed by atoms with Crippen LogP contribution in [0, 0.1) is 0 Å². The summed E-state index contributed by atoms with van der Waals surface area (Å²) in [5.74, 6) is -0.102. The first-order chi connectivity index (χ1) is 9.90. The Labute approximate surface area is 117 Å². The zero-order chi connectivity index (χ0) is 15.3. The molecule has 1 aliphatic rings. The van der Waals surface area contributed by atoms with E-state index in [0.29, 0.717) is 0 Å². The number of nitrogens with one attached hydrogen (secondary N) is 1. The van der Waals surface area contributed by atoms with E-state index in [4.69, 9.17) is 10.5 Å². The van der Waals surface area contributed by atoms with Crippen LogP contribution in [0.3, 0.4) is 0 Å². The topological polar surface area (TPSA) is 160 Å². The SMILES string of the molecule is CC(O)C1OC(n2cnc3c(=O)[nH]c(N)nc32)C(O)C1O. The van der Waals surface area contributed by atoms with Crippen LogP contribution in [-0.2, 0) is 4.74 Å². The number of nitrogens with zero attached hydrogens (tertiary/aromatic N) is 3. The van der Waals surface area contributed by atoms with Gasteiger partial charge in [0.2, 0.25) is 5.95 Å². The van der Waals surface area contributed by atoms with Crippen LogP contribution < -0.4 is 11.3 Å². The smallest absolute Gasteiger partial charge is 0.280 e. The molecule has 2 aromatic rings. The van der Waals surface area contributed by atoms with Gasteiger partial charge in [0.15, 0.2) is 17.4 Å². The maximum Gasteiger partial charge on any atom is 0.280 e. The molecule has 0 saturated carbocycles. The Hall–Kier alpha value is -2.01. The largest absolute Gasteiger partial charge is 0.391 e. The molecule has 0 radical (unpaired) electrons. The second-order valence-electron chi connectivity index (χ2n) is 4.99. The molecule has 3 heterocycles. The molecule has 114 valence electrons. The van der Waals surface area contributed by atoms with Crippen molar-refractivity contribution in [2.24, 2.45) is 0 Å². The summed E-state index contributed by atoms with van der Waals surface area (Å²) in [6.45, 7) is 1.44. The average Bonchev–Trinajstić information content (AvgIpc) is 2.93. The molecule has 21 heavy (non-hydrogen) atoms. The maximum atomic E-state index is 11.7. The van der Waals surface area contributed by atoms with E-state index in [-0.39, 0.29) is 17.1 Å². The first-order valence-corrected chi connectivity index (χ1v) is 6.32. The minimum absolute atomic E-state index is 0.0370. The summed E-state index contributed by atoms with van der Waals surface area (Å²) in [5, 5.41) is 29.5. The quantitative estimate of drug-likeness (QED) is 0.414. The van der Waals surface area contributed by atoms with Crippen molar-refractivity contribution in [2.45, 2.75) is 37.6 Å². The van der Waals surface area contributed by atoms with Crippen LogP contribution in [0.25, 0.3) is 11.2 Å². The number of anilines is 1. The molecule has 10 heteroatoms. The van der Waals surface area contributed by atoms with Gasteiger partial charge in [0.05, 0.1) is 12.4 Å². The number of nitrogen functional groups attached to an aromatic ring is 1. The van der Waals surface area contributed by atoms with Gasteiger partial charge in [0, 0.05) is 0 Å². The monoisotopic (exact) mass is 297 g/mol. The Balaban J connectivity index is 2.07. The van der Waals surface area contributed by atoms with Gasteiger partial charge in [-0.15, -0.1) is 0 Å². The van der Waals surface area contributed by atoms with Gasteiger partial charge < -0.3 is 25.8 Å². The normalized spacial score (nSPS) is 30.9. The van der Waals surface area contributed by atoms with E-state index in [0.717, 1.165) is 0 Å². The van der Waals surface area contributed by atoms with E-state index in [2.05, 4.69) is 15.0 Å².